The first-order valence-corrected chi connectivity index (χ1v) is 8.06. The molecule has 2 aliphatic heterocycles. The molecule has 0 aromatic heterocycles. The molecule has 2 saturated heterocycles. The maximum absolute atomic E-state index is 12.3. The van der Waals surface area contributed by atoms with Gasteiger partial charge in [0.2, 0.25) is 0 Å². The van der Waals surface area contributed by atoms with Crippen molar-refractivity contribution in [2.45, 2.75) is 38.3 Å². The molecule has 2 heterocycles. The summed E-state index contributed by atoms with van der Waals surface area (Å²) in [6.07, 6.45) is 1.72. The average molecular weight is 318 g/mol. The Morgan fingerprint density at radius 2 is 2.00 bits per heavy atom. The number of aliphatic hydroxyl groups excluding tert-OH is 1. The minimum absolute atomic E-state index is 0.0173. The van der Waals surface area contributed by atoms with Crippen molar-refractivity contribution in [2.75, 3.05) is 19.7 Å². The number of hydrogen-bond acceptors (Lipinski definition) is 4. The SMILES string of the molecule is Cc1ccc(OCC(O)CN2C(=O)C3CCCCN3C2=O)cc1. The zero-order valence-corrected chi connectivity index (χ0v) is 13.3. The summed E-state index contributed by atoms with van der Waals surface area (Å²) < 4.78 is 5.51. The van der Waals surface area contributed by atoms with Gasteiger partial charge >= 0.3 is 6.03 Å². The highest BCUT2D eigenvalue weighted by Gasteiger charge is 2.46. The molecular weight excluding hydrogens is 296 g/mol. The van der Waals surface area contributed by atoms with Gasteiger partial charge in [0.1, 0.15) is 24.5 Å². The third kappa shape index (κ3) is 3.32. The van der Waals surface area contributed by atoms with E-state index >= 15 is 0 Å². The number of carbonyl (C=O) groups excluding carboxylic acids is 2. The third-order valence-corrected chi connectivity index (χ3v) is 4.39. The van der Waals surface area contributed by atoms with Crippen LogP contribution in [-0.2, 0) is 4.79 Å². The van der Waals surface area contributed by atoms with Crippen LogP contribution in [0.15, 0.2) is 24.3 Å². The van der Waals surface area contributed by atoms with Crippen LogP contribution in [0.2, 0.25) is 0 Å². The first-order chi connectivity index (χ1) is 11.1. The normalized spacial score (nSPS) is 22.3. The van der Waals surface area contributed by atoms with Crippen molar-refractivity contribution in [1.82, 2.24) is 9.80 Å². The summed E-state index contributed by atoms with van der Waals surface area (Å²) in [5.74, 6) is 0.468. The van der Waals surface area contributed by atoms with Gasteiger partial charge in [-0.1, -0.05) is 17.7 Å². The molecule has 2 unspecified atom stereocenters. The van der Waals surface area contributed by atoms with Crippen molar-refractivity contribution in [2.24, 2.45) is 0 Å². The van der Waals surface area contributed by atoms with Gasteiger partial charge in [-0.15, -0.1) is 0 Å². The number of aryl methyl sites for hydroxylation is 1. The number of imide groups is 1. The molecule has 3 rings (SSSR count). The van der Waals surface area contributed by atoms with Crippen molar-refractivity contribution in [3.05, 3.63) is 29.8 Å². The summed E-state index contributed by atoms with van der Waals surface area (Å²) in [4.78, 5) is 27.4. The molecule has 2 atom stereocenters. The zero-order chi connectivity index (χ0) is 16.4. The number of nitrogens with zero attached hydrogens (tertiary/aromatic N) is 2. The average Bonchev–Trinajstić information content (AvgIpc) is 2.80. The molecule has 124 valence electrons. The van der Waals surface area contributed by atoms with E-state index in [2.05, 4.69) is 0 Å². The maximum atomic E-state index is 12.3. The molecule has 0 bridgehead atoms. The molecule has 6 nitrogen and oxygen atoms in total. The van der Waals surface area contributed by atoms with Gasteiger partial charge in [0.25, 0.3) is 5.91 Å². The Hall–Kier alpha value is -2.08. The molecule has 2 aliphatic rings. The minimum atomic E-state index is -0.898. The monoisotopic (exact) mass is 318 g/mol. The van der Waals surface area contributed by atoms with Crippen molar-refractivity contribution in [3.63, 3.8) is 0 Å². The smallest absolute Gasteiger partial charge is 0.327 e. The van der Waals surface area contributed by atoms with E-state index < -0.39 is 6.10 Å². The van der Waals surface area contributed by atoms with Gasteiger partial charge < -0.3 is 14.7 Å². The second kappa shape index (κ2) is 6.58. The van der Waals surface area contributed by atoms with Crippen molar-refractivity contribution >= 4 is 11.9 Å². The molecule has 1 N–H and O–H groups in total. The number of rotatable bonds is 5. The summed E-state index contributed by atoms with van der Waals surface area (Å²) in [6.45, 7) is 2.64. The Labute approximate surface area is 135 Å². The van der Waals surface area contributed by atoms with Crippen LogP contribution < -0.4 is 4.74 Å². The fraction of sp³-hybridized carbons (Fsp3) is 0.529. The van der Waals surface area contributed by atoms with Crippen LogP contribution in [0.3, 0.4) is 0 Å². The van der Waals surface area contributed by atoms with Gasteiger partial charge in [-0.25, -0.2) is 4.79 Å². The number of urea groups is 1. The van der Waals surface area contributed by atoms with E-state index in [9.17, 15) is 14.7 Å². The molecular formula is C17H22N2O4. The number of benzene rings is 1. The van der Waals surface area contributed by atoms with Crippen LogP contribution in [0, 0.1) is 6.92 Å². The molecule has 0 spiro atoms. The van der Waals surface area contributed by atoms with Gasteiger partial charge in [-0.05, 0) is 38.3 Å². The van der Waals surface area contributed by atoms with Crippen LogP contribution in [0.4, 0.5) is 4.79 Å². The predicted octanol–water partition coefficient (Wildman–Crippen LogP) is 1.55. The maximum Gasteiger partial charge on any atom is 0.327 e. The number of piperidine rings is 1. The Balaban J connectivity index is 1.55. The Morgan fingerprint density at radius 1 is 1.26 bits per heavy atom. The van der Waals surface area contributed by atoms with Crippen LogP contribution in [0.1, 0.15) is 24.8 Å². The largest absolute Gasteiger partial charge is 0.491 e. The van der Waals surface area contributed by atoms with Gasteiger partial charge in [-0.2, -0.15) is 0 Å². The Bertz CT molecular complexity index is 563. The van der Waals surface area contributed by atoms with Crippen LogP contribution in [-0.4, -0.2) is 58.7 Å². The predicted molar refractivity (Wildman–Crippen MR) is 84.1 cm³/mol. The van der Waals surface area contributed by atoms with Gasteiger partial charge in [0, 0.05) is 6.54 Å². The Morgan fingerprint density at radius 3 is 2.70 bits per heavy atom. The molecule has 0 aliphatic carbocycles. The number of aliphatic hydroxyl groups is 1. The van der Waals surface area contributed by atoms with Crippen LogP contribution in [0.5, 0.6) is 5.75 Å². The fourth-order valence-corrected chi connectivity index (χ4v) is 3.10. The Kier molecular flexibility index (Phi) is 4.52. The summed E-state index contributed by atoms with van der Waals surface area (Å²) >= 11 is 0. The number of fused-ring (bicyclic) bond motifs is 1. The van der Waals surface area contributed by atoms with E-state index in [1.54, 1.807) is 4.90 Å². The lowest BCUT2D eigenvalue weighted by atomic mass is 10.0. The number of β-amino-alcohol motifs (C(OH)–C–C–N with tert-alkyl or cyclic N) is 1. The van der Waals surface area contributed by atoms with Gasteiger partial charge in [0.15, 0.2) is 0 Å². The minimum Gasteiger partial charge on any atom is -0.491 e. The topological polar surface area (TPSA) is 70.1 Å². The standard InChI is InChI=1S/C17H22N2O4/c1-12-5-7-14(8-6-12)23-11-13(20)10-19-16(21)15-4-2-3-9-18(15)17(19)22/h5-8,13,15,20H,2-4,9-11H2,1H3. The van der Waals surface area contributed by atoms with Crippen LogP contribution >= 0.6 is 0 Å². The number of hydrogen-bond donors (Lipinski definition) is 1. The molecule has 1 aromatic rings. The molecule has 1 aromatic carbocycles. The summed E-state index contributed by atoms with van der Waals surface area (Å²) in [7, 11) is 0. The number of ether oxygens (including phenoxy) is 1. The molecule has 2 fully saturated rings. The summed E-state index contributed by atoms with van der Waals surface area (Å²) in [5, 5.41) is 10.1. The summed E-state index contributed by atoms with van der Waals surface area (Å²) in [6, 6.07) is 6.89. The van der Waals surface area contributed by atoms with E-state index in [1.165, 1.54) is 4.90 Å². The lowest BCUT2D eigenvalue weighted by molar-refractivity contribution is -0.129. The molecule has 23 heavy (non-hydrogen) atoms. The van der Waals surface area contributed by atoms with Crippen molar-refractivity contribution in [3.8, 4) is 5.75 Å². The van der Waals surface area contributed by atoms with Crippen LogP contribution in [0.25, 0.3) is 0 Å². The quantitative estimate of drug-likeness (QED) is 0.836. The number of amides is 3. The first kappa shape index (κ1) is 15.8. The fourth-order valence-electron chi connectivity index (χ4n) is 3.10. The van der Waals surface area contributed by atoms with Crippen molar-refractivity contribution < 1.29 is 19.4 Å². The van der Waals surface area contributed by atoms with E-state index in [4.69, 9.17) is 4.74 Å². The second-order valence-electron chi connectivity index (χ2n) is 6.21. The molecule has 0 radical (unpaired) electrons. The van der Waals surface area contributed by atoms with E-state index in [1.807, 2.05) is 31.2 Å². The molecule has 3 amide bonds. The van der Waals surface area contributed by atoms with E-state index in [0.29, 0.717) is 12.3 Å². The molecule has 0 saturated carbocycles. The first-order valence-electron chi connectivity index (χ1n) is 8.06. The van der Waals surface area contributed by atoms with Gasteiger partial charge in [0.05, 0.1) is 6.54 Å². The van der Waals surface area contributed by atoms with E-state index in [0.717, 1.165) is 24.8 Å². The van der Waals surface area contributed by atoms with Gasteiger partial charge in [-0.3, -0.25) is 9.69 Å². The third-order valence-electron chi connectivity index (χ3n) is 4.39. The number of carbonyl (C=O) groups is 2. The highest BCUT2D eigenvalue weighted by molar-refractivity contribution is 6.04. The van der Waals surface area contributed by atoms with Crippen molar-refractivity contribution in [1.29, 1.82) is 0 Å². The highest BCUT2D eigenvalue weighted by atomic mass is 16.5. The summed E-state index contributed by atoms with van der Waals surface area (Å²) in [5.41, 5.74) is 1.13. The molecule has 6 heteroatoms. The second-order valence-corrected chi connectivity index (χ2v) is 6.21. The highest BCUT2D eigenvalue weighted by Crippen LogP contribution is 2.26. The zero-order valence-electron chi connectivity index (χ0n) is 13.3. The lowest BCUT2D eigenvalue weighted by Crippen LogP contribution is -2.40. The van der Waals surface area contributed by atoms with E-state index in [-0.39, 0.29) is 31.1 Å². The lowest BCUT2D eigenvalue weighted by Gasteiger charge is -2.26.